The Morgan fingerprint density at radius 3 is 2.80 bits per heavy atom. The minimum Gasteiger partial charge on any atom is -0.407 e. The highest BCUT2D eigenvalue weighted by Crippen LogP contribution is 2.26. The highest BCUT2D eigenvalue weighted by atomic mass is 16.4. The Balaban J connectivity index is 1.99. The summed E-state index contributed by atoms with van der Waals surface area (Å²) in [5.41, 5.74) is 0.0600. The summed E-state index contributed by atoms with van der Waals surface area (Å²) in [6, 6.07) is 1.27. The van der Waals surface area contributed by atoms with Crippen LogP contribution in [0.5, 0.6) is 0 Å². The van der Waals surface area contributed by atoms with Crippen LogP contribution in [0, 0.1) is 0 Å². The predicted molar refractivity (Wildman–Crippen MR) is 80.8 cm³/mol. The van der Waals surface area contributed by atoms with E-state index in [1.54, 1.807) is 0 Å². The second kappa shape index (κ2) is 6.57. The van der Waals surface area contributed by atoms with Crippen LogP contribution in [-0.2, 0) is 6.54 Å². The molecule has 1 aliphatic rings. The summed E-state index contributed by atoms with van der Waals surface area (Å²) in [6.45, 7) is 10.3. The van der Waals surface area contributed by atoms with E-state index >= 15 is 0 Å². The molecule has 2 rings (SSSR count). The van der Waals surface area contributed by atoms with Gasteiger partial charge in [0, 0.05) is 18.1 Å². The van der Waals surface area contributed by atoms with E-state index in [0.29, 0.717) is 24.5 Å². The molecule has 0 amide bonds. The molecule has 0 spiro atoms. The first-order valence-electron chi connectivity index (χ1n) is 7.83. The summed E-state index contributed by atoms with van der Waals surface area (Å²) in [4.78, 5) is 2.31. The van der Waals surface area contributed by atoms with E-state index in [2.05, 4.69) is 48.1 Å². The number of anilines is 1. The molecule has 1 atom stereocenters. The molecule has 1 saturated heterocycles. The van der Waals surface area contributed by atoms with E-state index in [9.17, 15) is 0 Å². The fourth-order valence-electron chi connectivity index (χ4n) is 2.66. The van der Waals surface area contributed by atoms with Crippen LogP contribution >= 0.6 is 0 Å². The third-order valence-electron chi connectivity index (χ3n) is 3.72. The molecule has 0 bridgehead atoms. The predicted octanol–water partition coefficient (Wildman–Crippen LogP) is 3.12. The molecule has 1 aromatic heterocycles. The Labute approximate surface area is 122 Å². The van der Waals surface area contributed by atoms with E-state index in [0.717, 1.165) is 6.54 Å². The van der Waals surface area contributed by atoms with Gasteiger partial charge in [-0.15, -0.1) is 5.10 Å². The minimum atomic E-state index is 0.0600. The molecule has 5 nitrogen and oxygen atoms in total. The fourth-order valence-corrected chi connectivity index (χ4v) is 2.66. The van der Waals surface area contributed by atoms with Crippen LogP contribution in [0.2, 0.25) is 0 Å². The number of piperidine rings is 1. The van der Waals surface area contributed by atoms with Gasteiger partial charge in [-0.2, -0.15) is 0 Å². The van der Waals surface area contributed by atoms with Crippen molar-refractivity contribution in [2.24, 2.45) is 0 Å². The molecule has 1 aliphatic heterocycles. The number of hydrogen-bond acceptors (Lipinski definition) is 5. The SMILES string of the molecule is CCCC1CCCCN1c1nnc(CNC(C)(C)C)o1. The maximum atomic E-state index is 5.84. The summed E-state index contributed by atoms with van der Waals surface area (Å²) < 4.78 is 5.84. The lowest BCUT2D eigenvalue weighted by Crippen LogP contribution is -2.39. The first kappa shape index (κ1) is 15.3. The number of rotatable bonds is 5. The third kappa shape index (κ3) is 4.20. The molecule has 1 N–H and O–H groups in total. The van der Waals surface area contributed by atoms with E-state index < -0.39 is 0 Å². The van der Waals surface area contributed by atoms with Gasteiger partial charge < -0.3 is 14.6 Å². The van der Waals surface area contributed by atoms with E-state index in [1.807, 2.05) is 0 Å². The zero-order valence-corrected chi connectivity index (χ0v) is 13.3. The lowest BCUT2D eigenvalue weighted by atomic mass is 9.99. The molecule has 5 heteroatoms. The summed E-state index contributed by atoms with van der Waals surface area (Å²) in [5, 5.41) is 11.8. The minimum absolute atomic E-state index is 0.0600. The number of nitrogens with zero attached hydrogens (tertiary/aromatic N) is 3. The highest BCUT2D eigenvalue weighted by molar-refractivity contribution is 5.27. The monoisotopic (exact) mass is 280 g/mol. The first-order chi connectivity index (χ1) is 9.49. The maximum Gasteiger partial charge on any atom is 0.318 e. The van der Waals surface area contributed by atoms with Crippen molar-refractivity contribution in [1.82, 2.24) is 15.5 Å². The lowest BCUT2D eigenvalue weighted by Gasteiger charge is -2.34. The van der Waals surface area contributed by atoms with E-state index in [4.69, 9.17) is 4.42 Å². The second-order valence-electron chi connectivity index (χ2n) is 6.71. The van der Waals surface area contributed by atoms with Gasteiger partial charge in [0.25, 0.3) is 0 Å². The van der Waals surface area contributed by atoms with Crippen molar-refractivity contribution in [1.29, 1.82) is 0 Å². The summed E-state index contributed by atoms with van der Waals surface area (Å²) in [6.07, 6.45) is 6.18. The number of aromatic nitrogens is 2. The fraction of sp³-hybridized carbons (Fsp3) is 0.867. The average molecular weight is 280 g/mol. The van der Waals surface area contributed by atoms with Crippen LogP contribution in [0.1, 0.15) is 65.7 Å². The van der Waals surface area contributed by atoms with Crippen molar-refractivity contribution in [2.75, 3.05) is 11.4 Å². The van der Waals surface area contributed by atoms with Crippen molar-refractivity contribution < 1.29 is 4.42 Å². The van der Waals surface area contributed by atoms with Crippen LogP contribution in [0.25, 0.3) is 0 Å². The van der Waals surface area contributed by atoms with Crippen molar-refractivity contribution in [3.8, 4) is 0 Å². The molecule has 2 heterocycles. The van der Waals surface area contributed by atoms with Crippen molar-refractivity contribution in [3.05, 3.63) is 5.89 Å². The Hall–Kier alpha value is -1.10. The first-order valence-corrected chi connectivity index (χ1v) is 7.83. The molecule has 1 unspecified atom stereocenters. The van der Waals surface area contributed by atoms with Gasteiger partial charge in [0.1, 0.15) is 0 Å². The molecule has 0 saturated carbocycles. The zero-order valence-electron chi connectivity index (χ0n) is 13.3. The summed E-state index contributed by atoms with van der Waals surface area (Å²) in [7, 11) is 0. The van der Waals surface area contributed by atoms with Crippen molar-refractivity contribution in [2.45, 2.75) is 77.9 Å². The molecule has 0 aliphatic carbocycles. The van der Waals surface area contributed by atoms with Crippen LogP contribution in [0.15, 0.2) is 4.42 Å². The lowest BCUT2D eigenvalue weighted by molar-refractivity contribution is 0.364. The largest absolute Gasteiger partial charge is 0.407 e. The van der Waals surface area contributed by atoms with Gasteiger partial charge >= 0.3 is 6.01 Å². The molecule has 20 heavy (non-hydrogen) atoms. The molecular formula is C15H28N4O. The molecule has 1 aromatic rings. The topological polar surface area (TPSA) is 54.2 Å². The normalized spacial score (nSPS) is 20.4. The van der Waals surface area contributed by atoms with Crippen LogP contribution in [0.3, 0.4) is 0 Å². The zero-order chi connectivity index (χ0) is 14.6. The van der Waals surface area contributed by atoms with Gasteiger partial charge in [-0.3, -0.25) is 0 Å². The van der Waals surface area contributed by atoms with Gasteiger partial charge in [0.15, 0.2) is 0 Å². The Morgan fingerprint density at radius 2 is 2.10 bits per heavy atom. The van der Waals surface area contributed by atoms with Crippen LogP contribution in [0.4, 0.5) is 6.01 Å². The van der Waals surface area contributed by atoms with Crippen molar-refractivity contribution in [3.63, 3.8) is 0 Å². The van der Waals surface area contributed by atoms with Crippen LogP contribution < -0.4 is 10.2 Å². The van der Waals surface area contributed by atoms with Gasteiger partial charge in [-0.25, -0.2) is 0 Å². The smallest absolute Gasteiger partial charge is 0.318 e. The molecular weight excluding hydrogens is 252 g/mol. The van der Waals surface area contributed by atoms with E-state index in [1.165, 1.54) is 32.1 Å². The molecule has 0 aromatic carbocycles. The van der Waals surface area contributed by atoms with E-state index in [-0.39, 0.29) is 5.54 Å². The second-order valence-corrected chi connectivity index (χ2v) is 6.71. The Bertz CT molecular complexity index is 408. The summed E-state index contributed by atoms with van der Waals surface area (Å²) >= 11 is 0. The van der Waals surface area contributed by atoms with Gasteiger partial charge in [0.05, 0.1) is 6.54 Å². The van der Waals surface area contributed by atoms with Crippen LogP contribution in [-0.4, -0.2) is 28.3 Å². The Morgan fingerprint density at radius 1 is 1.30 bits per heavy atom. The molecule has 0 radical (unpaired) electrons. The number of hydrogen-bond donors (Lipinski definition) is 1. The molecule has 1 fully saturated rings. The third-order valence-corrected chi connectivity index (χ3v) is 3.72. The van der Waals surface area contributed by atoms with Gasteiger partial charge in [-0.05, 0) is 46.5 Å². The van der Waals surface area contributed by atoms with Crippen molar-refractivity contribution >= 4 is 6.01 Å². The average Bonchev–Trinajstić information content (AvgIpc) is 2.85. The number of nitrogens with one attached hydrogen (secondary N) is 1. The maximum absolute atomic E-state index is 5.84. The van der Waals surface area contributed by atoms with Gasteiger partial charge in [-0.1, -0.05) is 18.4 Å². The quantitative estimate of drug-likeness (QED) is 0.898. The summed E-state index contributed by atoms with van der Waals surface area (Å²) in [5.74, 6) is 0.677. The van der Waals surface area contributed by atoms with Gasteiger partial charge in [0.2, 0.25) is 5.89 Å². The highest BCUT2D eigenvalue weighted by Gasteiger charge is 2.26. The standard InChI is InChI=1S/C15H28N4O/c1-5-8-12-9-6-7-10-19(12)14-18-17-13(20-14)11-16-15(2,3)4/h12,16H,5-11H2,1-4H3. The molecule has 114 valence electrons. The Kier molecular flexibility index (Phi) is 5.02.